The highest BCUT2D eigenvalue weighted by molar-refractivity contribution is 5.94. The first kappa shape index (κ1) is 24.1. The zero-order valence-electron chi connectivity index (χ0n) is 18.2. The number of esters is 1. The van der Waals surface area contributed by atoms with E-state index < -0.39 is 0 Å². The van der Waals surface area contributed by atoms with Gasteiger partial charge in [0, 0.05) is 0 Å². The highest BCUT2D eigenvalue weighted by Gasteiger charge is 2.23. The van der Waals surface area contributed by atoms with Gasteiger partial charge in [-0.1, -0.05) is 53.4 Å². The van der Waals surface area contributed by atoms with Gasteiger partial charge in [-0.05, 0) is 37.8 Å². The van der Waals surface area contributed by atoms with Gasteiger partial charge in [-0.3, -0.25) is 0 Å². The predicted molar refractivity (Wildman–Crippen MR) is 113 cm³/mol. The Morgan fingerprint density at radius 3 is 1.75 bits per heavy atom. The smallest absolute Gasteiger partial charge is 0.342 e. The number of hydrogen-bond acceptors (Lipinski definition) is 5. The van der Waals surface area contributed by atoms with Crippen LogP contribution in [0.4, 0.5) is 0 Å². The summed E-state index contributed by atoms with van der Waals surface area (Å²) in [4.78, 5) is 12.6. The second-order valence-corrected chi connectivity index (χ2v) is 6.87. The molecule has 0 fully saturated rings. The van der Waals surface area contributed by atoms with Crippen molar-refractivity contribution in [3.63, 3.8) is 0 Å². The van der Waals surface area contributed by atoms with Crippen LogP contribution in [0.3, 0.4) is 0 Å². The van der Waals surface area contributed by atoms with Crippen molar-refractivity contribution in [3.05, 3.63) is 17.7 Å². The molecule has 0 radical (unpaired) electrons. The Labute approximate surface area is 170 Å². The minimum atomic E-state index is -0.375. The normalized spacial score (nSPS) is 10.6. The van der Waals surface area contributed by atoms with Crippen LogP contribution >= 0.6 is 0 Å². The molecule has 160 valence electrons. The monoisotopic (exact) mass is 394 g/mol. The highest BCUT2D eigenvalue weighted by Crippen LogP contribution is 2.41. The van der Waals surface area contributed by atoms with Crippen molar-refractivity contribution in [2.45, 2.75) is 79.1 Å². The zero-order valence-corrected chi connectivity index (χ0v) is 18.2. The molecule has 0 spiro atoms. The Bertz CT molecular complexity index is 556. The van der Waals surface area contributed by atoms with Gasteiger partial charge in [0.2, 0.25) is 5.75 Å². The maximum Gasteiger partial charge on any atom is 0.342 e. The van der Waals surface area contributed by atoms with E-state index in [1.165, 1.54) is 0 Å². The number of carbonyl (C=O) groups is 1. The van der Waals surface area contributed by atoms with E-state index in [2.05, 4.69) is 27.7 Å². The van der Waals surface area contributed by atoms with Crippen LogP contribution in [0.15, 0.2) is 12.1 Å². The van der Waals surface area contributed by atoms with Gasteiger partial charge in [-0.2, -0.15) is 0 Å². The average Bonchev–Trinajstić information content (AvgIpc) is 2.70. The largest absolute Gasteiger partial charge is 0.490 e. The van der Waals surface area contributed by atoms with Crippen molar-refractivity contribution >= 4 is 5.97 Å². The Morgan fingerprint density at radius 2 is 1.18 bits per heavy atom. The number of rotatable bonds is 16. The van der Waals surface area contributed by atoms with E-state index in [0.29, 0.717) is 49.2 Å². The molecule has 0 heterocycles. The van der Waals surface area contributed by atoms with Crippen molar-refractivity contribution in [1.82, 2.24) is 0 Å². The highest BCUT2D eigenvalue weighted by atomic mass is 16.6. The minimum absolute atomic E-state index is 0.375. The van der Waals surface area contributed by atoms with E-state index in [1.807, 2.05) is 0 Å². The molecule has 1 rings (SSSR count). The average molecular weight is 395 g/mol. The summed E-state index contributed by atoms with van der Waals surface area (Å²) in [6, 6.07) is 3.52. The van der Waals surface area contributed by atoms with Crippen LogP contribution in [0.25, 0.3) is 0 Å². The first-order valence-electron chi connectivity index (χ1n) is 10.9. The molecule has 0 aliphatic rings. The van der Waals surface area contributed by atoms with Crippen molar-refractivity contribution in [2.24, 2.45) is 0 Å². The van der Waals surface area contributed by atoms with Crippen molar-refractivity contribution < 1.29 is 23.7 Å². The first-order valence-corrected chi connectivity index (χ1v) is 10.9. The molecule has 1 aromatic rings. The third-order valence-corrected chi connectivity index (χ3v) is 4.27. The van der Waals surface area contributed by atoms with Crippen LogP contribution < -0.4 is 14.2 Å². The summed E-state index contributed by atoms with van der Waals surface area (Å²) in [5, 5.41) is 0. The fourth-order valence-corrected chi connectivity index (χ4v) is 2.45. The summed E-state index contributed by atoms with van der Waals surface area (Å²) in [7, 11) is 0. The van der Waals surface area contributed by atoms with Crippen LogP contribution in [0.5, 0.6) is 17.2 Å². The second-order valence-electron chi connectivity index (χ2n) is 6.87. The Hall–Kier alpha value is -1.91. The lowest BCUT2D eigenvalue weighted by Crippen LogP contribution is -2.12. The van der Waals surface area contributed by atoms with Crippen LogP contribution in [0.1, 0.15) is 89.4 Å². The summed E-state index contributed by atoms with van der Waals surface area (Å²) >= 11 is 0. The maximum absolute atomic E-state index is 12.6. The van der Waals surface area contributed by atoms with E-state index in [9.17, 15) is 4.79 Å². The zero-order chi connectivity index (χ0) is 20.6. The Morgan fingerprint density at radius 1 is 0.679 bits per heavy atom. The number of benzene rings is 1. The minimum Gasteiger partial charge on any atom is -0.490 e. The molecule has 0 aliphatic heterocycles. The second kappa shape index (κ2) is 15.1. The lowest BCUT2D eigenvalue weighted by atomic mass is 10.1. The van der Waals surface area contributed by atoms with Gasteiger partial charge >= 0.3 is 5.97 Å². The summed E-state index contributed by atoms with van der Waals surface area (Å²) < 4.78 is 23.4. The molecule has 0 unspecified atom stereocenters. The van der Waals surface area contributed by atoms with Gasteiger partial charge in [0.05, 0.1) is 26.4 Å². The molecule has 0 aromatic heterocycles. The quantitative estimate of drug-likeness (QED) is 0.247. The van der Waals surface area contributed by atoms with Gasteiger partial charge in [-0.25, -0.2) is 4.79 Å². The topological polar surface area (TPSA) is 54.0 Å². The van der Waals surface area contributed by atoms with Crippen molar-refractivity contribution in [1.29, 1.82) is 0 Å². The van der Waals surface area contributed by atoms with E-state index in [0.717, 1.165) is 51.4 Å². The molecule has 28 heavy (non-hydrogen) atoms. The molecule has 0 N–H and O–H groups in total. The summed E-state index contributed by atoms with van der Waals surface area (Å²) in [5.74, 6) is 1.22. The van der Waals surface area contributed by atoms with Gasteiger partial charge in [0.1, 0.15) is 5.56 Å². The Balaban J connectivity index is 3.16. The molecule has 0 atom stereocenters. The van der Waals surface area contributed by atoms with Crippen LogP contribution in [0.2, 0.25) is 0 Å². The molecule has 0 saturated carbocycles. The summed E-state index contributed by atoms with van der Waals surface area (Å²) in [5.41, 5.74) is 0.404. The van der Waals surface area contributed by atoms with E-state index in [1.54, 1.807) is 12.1 Å². The van der Waals surface area contributed by atoms with E-state index >= 15 is 0 Å². The maximum atomic E-state index is 12.6. The fraction of sp³-hybridized carbons (Fsp3) is 0.696. The molecule has 5 nitrogen and oxygen atoms in total. The van der Waals surface area contributed by atoms with Gasteiger partial charge in [0.15, 0.2) is 11.5 Å². The standard InChI is InChI=1S/C23H38O5/c1-5-9-15-25-20-14-13-19(23(24)28-18-12-8-4)21(26-16-10-6-2)22(20)27-17-11-7-3/h13-14H,5-12,15-18H2,1-4H3. The molecule has 0 saturated heterocycles. The molecular formula is C23H38O5. The molecule has 0 bridgehead atoms. The van der Waals surface area contributed by atoms with Crippen molar-refractivity contribution in [3.8, 4) is 17.2 Å². The van der Waals surface area contributed by atoms with E-state index in [-0.39, 0.29) is 5.97 Å². The predicted octanol–water partition coefficient (Wildman–Crippen LogP) is 6.18. The summed E-state index contributed by atoms with van der Waals surface area (Å²) in [6.07, 6.45) is 7.69. The first-order chi connectivity index (χ1) is 13.7. The number of ether oxygens (including phenoxy) is 4. The number of unbranched alkanes of at least 4 members (excludes halogenated alkanes) is 4. The Kier molecular flexibility index (Phi) is 13.0. The summed E-state index contributed by atoms with van der Waals surface area (Å²) in [6.45, 7) is 10.5. The third-order valence-electron chi connectivity index (χ3n) is 4.27. The number of hydrogen-bond donors (Lipinski definition) is 0. The fourth-order valence-electron chi connectivity index (χ4n) is 2.45. The number of carbonyl (C=O) groups excluding carboxylic acids is 1. The van der Waals surface area contributed by atoms with E-state index in [4.69, 9.17) is 18.9 Å². The van der Waals surface area contributed by atoms with Crippen LogP contribution in [0, 0.1) is 0 Å². The van der Waals surface area contributed by atoms with Crippen LogP contribution in [-0.4, -0.2) is 32.4 Å². The van der Waals surface area contributed by atoms with Gasteiger partial charge in [-0.15, -0.1) is 0 Å². The van der Waals surface area contributed by atoms with Gasteiger partial charge in [0.25, 0.3) is 0 Å². The molecule has 1 aromatic carbocycles. The van der Waals surface area contributed by atoms with Crippen molar-refractivity contribution in [2.75, 3.05) is 26.4 Å². The van der Waals surface area contributed by atoms with Crippen LogP contribution in [-0.2, 0) is 4.74 Å². The third kappa shape index (κ3) is 8.41. The molecule has 5 heteroatoms. The molecule has 0 aliphatic carbocycles. The lowest BCUT2D eigenvalue weighted by molar-refractivity contribution is 0.0493. The lowest BCUT2D eigenvalue weighted by Gasteiger charge is -2.19. The SMILES string of the molecule is CCCCOC(=O)c1ccc(OCCCC)c(OCCCC)c1OCCCC. The van der Waals surface area contributed by atoms with Gasteiger partial charge < -0.3 is 18.9 Å². The molecule has 0 amide bonds. The molecular weight excluding hydrogens is 356 g/mol.